The van der Waals surface area contributed by atoms with Gasteiger partial charge in [-0.1, -0.05) is 13.3 Å². The fourth-order valence-electron chi connectivity index (χ4n) is 1.25. The topological polar surface area (TPSA) is 17.8 Å². The predicted octanol–water partition coefficient (Wildman–Crippen LogP) is 3.64. The highest BCUT2D eigenvalue weighted by Gasteiger charge is 2.36. The third-order valence-corrected chi connectivity index (χ3v) is 2.04. The van der Waals surface area contributed by atoms with Crippen molar-refractivity contribution in [1.82, 2.24) is 9.78 Å². The number of halogens is 5. The van der Waals surface area contributed by atoms with Gasteiger partial charge in [-0.15, -0.1) is 0 Å². The maximum Gasteiger partial charge on any atom is 0.433 e. The van der Waals surface area contributed by atoms with E-state index in [9.17, 15) is 22.0 Å². The van der Waals surface area contributed by atoms with Crippen molar-refractivity contribution in [3.8, 4) is 0 Å². The lowest BCUT2D eigenvalue weighted by Crippen LogP contribution is -2.14. The number of hydrogen-bond donors (Lipinski definition) is 0. The van der Waals surface area contributed by atoms with Crippen LogP contribution < -0.4 is 0 Å². The monoisotopic (exact) mass is 242 g/mol. The van der Waals surface area contributed by atoms with E-state index in [2.05, 4.69) is 5.10 Å². The molecule has 0 atom stereocenters. The quantitative estimate of drug-likeness (QED) is 0.737. The first-order valence-electron chi connectivity index (χ1n) is 4.79. The van der Waals surface area contributed by atoms with Crippen LogP contribution in [0.25, 0.3) is 0 Å². The van der Waals surface area contributed by atoms with Crippen LogP contribution in [-0.2, 0) is 12.7 Å². The molecule has 0 bridgehead atoms. The maximum absolute atomic E-state index is 12.4. The van der Waals surface area contributed by atoms with E-state index < -0.39 is 24.0 Å². The molecular formula is C9H11F5N2. The third kappa shape index (κ3) is 2.93. The molecule has 0 fully saturated rings. The molecule has 0 radical (unpaired) electrons. The summed E-state index contributed by atoms with van der Waals surface area (Å²) in [5.74, 6) is 0. The maximum atomic E-state index is 12.4. The molecule has 92 valence electrons. The Labute approximate surface area is 89.1 Å². The Balaban J connectivity index is 3.03. The second kappa shape index (κ2) is 4.80. The average molecular weight is 242 g/mol. The molecule has 0 N–H and O–H groups in total. The van der Waals surface area contributed by atoms with E-state index in [0.29, 0.717) is 23.6 Å². The molecule has 1 aromatic heterocycles. The molecule has 0 aromatic carbocycles. The van der Waals surface area contributed by atoms with Crippen LogP contribution >= 0.6 is 0 Å². The van der Waals surface area contributed by atoms with Crippen molar-refractivity contribution >= 4 is 0 Å². The summed E-state index contributed by atoms with van der Waals surface area (Å²) < 4.78 is 62.4. The molecule has 0 spiro atoms. The number of alkyl halides is 5. The van der Waals surface area contributed by atoms with Crippen molar-refractivity contribution in [2.45, 2.75) is 38.9 Å². The van der Waals surface area contributed by atoms with Crippen molar-refractivity contribution in [2.24, 2.45) is 0 Å². The molecule has 2 nitrogen and oxygen atoms in total. The van der Waals surface area contributed by atoms with Crippen molar-refractivity contribution < 1.29 is 22.0 Å². The average Bonchev–Trinajstić information content (AvgIpc) is 2.57. The van der Waals surface area contributed by atoms with Crippen LogP contribution in [0.4, 0.5) is 22.0 Å². The summed E-state index contributed by atoms with van der Waals surface area (Å²) >= 11 is 0. The van der Waals surface area contributed by atoms with Crippen molar-refractivity contribution in [3.63, 3.8) is 0 Å². The van der Waals surface area contributed by atoms with Gasteiger partial charge in [-0.2, -0.15) is 18.3 Å². The van der Waals surface area contributed by atoms with Gasteiger partial charge in [-0.25, -0.2) is 8.78 Å². The zero-order valence-corrected chi connectivity index (χ0v) is 8.56. The molecule has 0 aliphatic rings. The largest absolute Gasteiger partial charge is 0.433 e. The lowest BCUT2D eigenvalue weighted by Gasteiger charge is -2.09. The van der Waals surface area contributed by atoms with Crippen molar-refractivity contribution in [2.75, 3.05) is 0 Å². The summed E-state index contributed by atoms with van der Waals surface area (Å²) in [5, 5.41) is 3.26. The third-order valence-electron chi connectivity index (χ3n) is 2.04. The van der Waals surface area contributed by atoms with Gasteiger partial charge in [-0.05, 0) is 12.5 Å². The molecule has 7 heteroatoms. The Bertz CT molecular complexity index is 342. The Morgan fingerprint density at radius 2 is 2.00 bits per heavy atom. The van der Waals surface area contributed by atoms with Crippen LogP contribution in [0.1, 0.15) is 37.6 Å². The van der Waals surface area contributed by atoms with E-state index in [4.69, 9.17) is 0 Å². The Morgan fingerprint density at radius 3 is 2.44 bits per heavy atom. The van der Waals surface area contributed by atoms with Crippen LogP contribution in [0.5, 0.6) is 0 Å². The number of hydrogen-bond acceptors (Lipinski definition) is 1. The van der Waals surface area contributed by atoms with Gasteiger partial charge in [0.2, 0.25) is 0 Å². The first-order valence-corrected chi connectivity index (χ1v) is 4.79. The van der Waals surface area contributed by atoms with Gasteiger partial charge in [0.1, 0.15) is 11.4 Å². The van der Waals surface area contributed by atoms with Crippen molar-refractivity contribution in [3.05, 3.63) is 17.5 Å². The van der Waals surface area contributed by atoms with Crippen molar-refractivity contribution in [1.29, 1.82) is 0 Å². The van der Waals surface area contributed by atoms with E-state index in [1.165, 1.54) is 0 Å². The fraction of sp³-hybridized carbons (Fsp3) is 0.667. The minimum atomic E-state index is -4.64. The number of nitrogens with zero attached hydrogens (tertiary/aromatic N) is 2. The first-order chi connectivity index (χ1) is 7.36. The van der Waals surface area contributed by atoms with Gasteiger partial charge in [0.25, 0.3) is 6.43 Å². The minimum absolute atomic E-state index is 0.00192. The molecule has 0 aliphatic carbocycles. The molecule has 0 aliphatic heterocycles. The van der Waals surface area contributed by atoms with Crippen LogP contribution in [0.15, 0.2) is 6.07 Å². The lowest BCUT2D eigenvalue weighted by molar-refractivity contribution is -0.144. The highest BCUT2D eigenvalue weighted by molar-refractivity contribution is 5.14. The summed E-state index contributed by atoms with van der Waals surface area (Å²) in [6.45, 7) is 1.79. The normalized spacial score (nSPS) is 12.4. The zero-order chi connectivity index (χ0) is 12.3. The lowest BCUT2D eigenvalue weighted by atomic mass is 10.3. The number of rotatable bonds is 4. The van der Waals surface area contributed by atoms with Gasteiger partial charge in [-0.3, -0.25) is 4.68 Å². The van der Waals surface area contributed by atoms with Crippen LogP contribution in [0.3, 0.4) is 0 Å². The molecule has 0 saturated heterocycles. The second-order valence-corrected chi connectivity index (χ2v) is 3.33. The van der Waals surface area contributed by atoms with E-state index in [-0.39, 0.29) is 6.54 Å². The van der Waals surface area contributed by atoms with E-state index in [1.54, 1.807) is 6.92 Å². The summed E-state index contributed by atoms with van der Waals surface area (Å²) in [4.78, 5) is 0. The fourth-order valence-corrected chi connectivity index (χ4v) is 1.25. The van der Waals surface area contributed by atoms with Crippen LogP contribution in [0, 0.1) is 0 Å². The summed E-state index contributed by atoms with van der Waals surface area (Å²) in [6, 6.07) is 0.403. The summed E-state index contributed by atoms with van der Waals surface area (Å²) in [7, 11) is 0. The Kier molecular flexibility index (Phi) is 3.88. The molecule has 0 amide bonds. The summed E-state index contributed by atoms with van der Waals surface area (Å²) in [5.41, 5.74) is -1.94. The molecular weight excluding hydrogens is 231 g/mol. The van der Waals surface area contributed by atoms with Gasteiger partial charge in [0, 0.05) is 6.54 Å². The number of aromatic nitrogens is 2. The first kappa shape index (κ1) is 12.9. The summed E-state index contributed by atoms with van der Waals surface area (Å²) in [6.07, 6.45) is -6.49. The molecule has 1 aromatic rings. The second-order valence-electron chi connectivity index (χ2n) is 3.33. The Morgan fingerprint density at radius 1 is 1.38 bits per heavy atom. The minimum Gasteiger partial charge on any atom is -0.260 e. The van der Waals surface area contributed by atoms with Gasteiger partial charge in [0.05, 0.1) is 0 Å². The van der Waals surface area contributed by atoms with Crippen LogP contribution in [-0.4, -0.2) is 9.78 Å². The SMILES string of the molecule is CCCCn1nc(C(F)F)cc1C(F)(F)F. The number of aryl methyl sites for hydroxylation is 1. The molecule has 0 unspecified atom stereocenters. The van der Waals surface area contributed by atoms with Gasteiger partial charge in [0.15, 0.2) is 0 Å². The van der Waals surface area contributed by atoms with Gasteiger partial charge >= 0.3 is 6.18 Å². The molecule has 0 saturated carbocycles. The highest BCUT2D eigenvalue weighted by Crippen LogP contribution is 2.32. The van der Waals surface area contributed by atoms with E-state index in [1.807, 2.05) is 0 Å². The van der Waals surface area contributed by atoms with Crippen LogP contribution in [0.2, 0.25) is 0 Å². The van der Waals surface area contributed by atoms with Gasteiger partial charge < -0.3 is 0 Å². The highest BCUT2D eigenvalue weighted by atomic mass is 19.4. The standard InChI is InChI=1S/C9H11F5N2/c1-2-3-4-16-7(9(12,13)14)5-6(15-16)8(10)11/h5,8H,2-4H2,1H3. The molecule has 1 rings (SSSR count). The van der Waals surface area contributed by atoms with E-state index >= 15 is 0 Å². The smallest absolute Gasteiger partial charge is 0.260 e. The van der Waals surface area contributed by atoms with E-state index in [0.717, 1.165) is 0 Å². The zero-order valence-electron chi connectivity index (χ0n) is 8.56. The predicted molar refractivity (Wildman–Crippen MR) is 47.1 cm³/mol. The Hall–Kier alpha value is -1.14. The molecule has 1 heterocycles. The number of unbranched alkanes of at least 4 members (excludes halogenated alkanes) is 1. The molecule has 16 heavy (non-hydrogen) atoms.